The minimum atomic E-state index is -0.295. The summed E-state index contributed by atoms with van der Waals surface area (Å²) < 4.78 is 23.9. The molecular formula is C20H29FN2O3. The number of amides is 1. The highest BCUT2D eigenvalue weighted by Crippen LogP contribution is 2.33. The van der Waals surface area contributed by atoms with Crippen LogP contribution in [0.25, 0.3) is 0 Å². The largest absolute Gasteiger partial charge is 0.493 e. The molecule has 1 aliphatic carbocycles. The zero-order chi connectivity index (χ0) is 18.2. The molecule has 2 aliphatic rings. The number of halogens is 1. The van der Waals surface area contributed by atoms with Crippen molar-refractivity contribution in [3.05, 3.63) is 30.1 Å². The molecule has 1 aliphatic heterocycles. The van der Waals surface area contributed by atoms with Gasteiger partial charge in [0.25, 0.3) is 0 Å². The van der Waals surface area contributed by atoms with Crippen molar-refractivity contribution in [1.82, 2.24) is 10.2 Å². The molecule has 0 aromatic heterocycles. The average Bonchev–Trinajstić information content (AvgIpc) is 2.69. The molecule has 6 heteroatoms. The lowest BCUT2D eigenvalue weighted by atomic mass is 9.79. The first-order chi connectivity index (χ1) is 12.7. The van der Waals surface area contributed by atoms with Crippen molar-refractivity contribution in [3.8, 4) is 5.75 Å². The van der Waals surface area contributed by atoms with Crippen LogP contribution >= 0.6 is 0 Å². The fraction of sp³-hybridized carbons (Fsp3) is 0.650. The fourth-order valence-corrected chi connectivity index (χ4v) is 4.00. The normalized spacial score (nSPS) is 20.5. The number of nitrogens with one attached hydrogen (secondary N) is 1. The van der Waals surface area contributed by atoms with E-state index >= 15 is 0 Å². The summed E-state index contributed by atoms with van der Waals surface area (Å²) in [6.45, 7) is 4.44. The van der Waals surface area contributed by atoms with Crippen LogP contribution in [0.15, 0.2) is 24.3 Å². The molecule has 0 radical (unpaired) electrons. The summed E-state index contributed by atoms with van der Waals surface area (Å²) in [5.74, 6) is 0.289. The first-order valence-electron chi connectivity index (χ1n) is 9.66. The Bertz CT molecular complexity index is 567. The molecule has 1 amide bonds. The first kappa shape index (κ1) is 19.1. The number of carbonyl (C=O) groups excluding carboxylic acids is 1. The van der Waals surface area contributed by atoms with Gasteiger partial charge in [-0.3, -0.25) is 9.69 Å². The zero-order valence-electron chi connectivity index (χ0n) is 15.3. The molecule has 0 atom stereocenters. The molecule has 2 fully saturated rings. The Morgan fingerprint density at radius 2 is 1.85 bits per heavy atom. The molecule has 144 valence electrons. The van der Waals surface area contributed by atoms with Crippen molar-refractivity contribution in [2.75, 3.05) is 39.5 Å². The summed E-state index contributed by atoms with van der Waals surface area (Å²) in [5.41, 5.74) is 0.0789. The quantitative estimate of drug-likeness (QED) is 0.808. The van der Waals surface area contributed by atoms with Crippen molar-refractivity contribution in [2.45, 2.75) is 44.1 Å². The van der Waals surface area contributed by atoms with Crippen molar-refractivity contribution in [2.24, 2.45) is 0 Å². The van der Waals surface area contributed by atoms with Gasteiger partial charge in [0.15, 0.2) is 0 Å². The summed E-state index contributed by atoms with van der Waals surface area (Å²) in [4.78, 5) is 14.8. The maximum atomic E-state index is 12.9. The molecular weight excluding hydrogens is 335 g/mol. The molecule has 3 rings (SSSR count). The molecule has 0 unspecified atom stereocenters. The van der Waals surface area contributed by atoms with Gasteiger partial charge >= 0.3 is 0 Å². The molecule has 1 aromatic rings. The molecule has 1 saturated heterocycles. The van der Waals surface area contributed by atoms with Gasteiger partial charge < -0.3 is 14.8 Å². The Morgan fingerprint density at radius 3 is 2.54 bits per heavy atom. The lowest BCUT2D eigenvalue weighted by Crippen LogP contribution is -2.59. The molecule has 1 heterocycles. The summed E-state index contributed by atoms with van der Waals surface area (Å²) in [6, 6.07) is 5.85. The van der Waals surface area contributed by atoms with Gasteiger partial charge in [-0.25, -0.2) is 4.39 Å². The molecule has 1 aromatic carbocycles. The standard InChI is InChI=1S/C20H29FN2O3/c21-17-4-6-18(7-5-17)26-13-8-19(24)22-16-20(9-2-1-3-10-20)23-11-14-25-15-12-23/h4-7H,1-3,8-16H2,(H,22,24). The smallest absolute Gasteiger partial charge is 0.223 e. The zero-order valence-corrected chi connectivity index (χ0v) is 15.3. The Kier molecular flexibility index (Phi) is 6.86. The average molecular weight is 364 g/mol. The van der Waals surface area contributed by atoms with Crippen molar-refractivity contribution < 1.29 is 18.7 Å². The van der Waals surface area contributed by atoms with Gasteiger partial charge in [-0.05, 0) is 37.1 Å². The number of nitrogens with zero attached hydrogens (tertiary/aromatic N) is 1. The SMILES string of the molecule is O=C(CCOc1ccc(F)cc1)NCC1(N2CCOCC2)CCCCC1. The van der Waals surface area contributed by atoms with E-state index in [1.807, 2.05) is 0 Å². The van der Waals surface area contributed by atoms with Gasteiger partial charge in [-0.1, -0.05) is 19.3 Å². The van der Waals surface area contributed by atoms with E-state index in [-0.39, 0.29) is 17.3 Å². The van der Waals surface area contributed by atoms with Gasteiger partial charge in [0.1, 0.15) is 11.6 Å². The van der Waals surface area contributed by atoms with E-state index in [0.717, 1.165) is 39.1 Å². The second kappa shape index (κ2) is 9.33. The van der Waals surface area contributed by atoms with E-state index < -0.39 is 0 Å². The number of rotatable bonds is 7. The minimum absolute atomic E-state index is 0.00493. The Labute approximate surface area is 154 Å². The van der Waals surface area contributed by atoms with Crippen LogP contribution in [0.3, 0.4) is 0 Å². The Hall–Kier alpha value is -1.66. The topological polar surface area (TPSA) is 50.8 Å². The second-order valence-corrected chi connectivity index (χ2v) is 7.21. The maximum Gasteiger partial charge on any atom is 0.223 e. The third-order valence-electron chi connectivity index (χ3n) is 5.49. The third kappa shape index (κ3) is 5.17. The molecule has 0 bridgehead atoms. The van der Waals surface area contributed by atoms with Gasteiger partial charge in [0, 0.05) is 25.2 Å². The molecule has 1 N–H and O–H groups in total. The predicted molar refractivity (Wildman–Crippen MR) is 97.7 cm³/mol. The summed E-state index contributed by atoms with van der Waals surface area (Å²) in [7, 11) is 0. The van der Waals surface area contributed by atoms with Gasteiger partial charge in [0.2, 0.25) is 5.91 Å². The minimum Gasteiger partial charge on any atom is -0.493 e. The number of carbonyl (C=O) groups is 1. The molecule has 5 nitrogen and oxygen atoms in total. The number of hydrogen-bond donors (Lipinski definition) is 1. The van der Waals surface area contributed by atoms with Crippen LogP contribution in [0.1, 0.15) is 38.5 Å². The van der Waals surface area contributed by atoms with Crippen molar-refractivity contribution in [3.63, 3.8) is 0 Å². The van der Waals surface area contributed by atoms with E-state index in [4.69, 9.17) is 9.47 Å². The van der Waals surface area contributed by atoms with Crippen LogP contribution in [0.2, 0.25) is 0 Å². The van der Waals surface area contributed by atoms with Gasteiger partial charge in [0.05, 0.1) is 26.2 Å². The monoisotopic (exact) mass is 364 g/mol. The van der Waals surface area contributed by atoms with Crippen LogP contribution in [-0.2, 0) is 9.53 Å². The predicted octanol–water partition coefficient (Wildman–Crippen LogP) is 2.75. The summed E-state index contributed by atoms with van der Waals surface area (Å²) >= 11 is 0. The number of benzene rings is 1. The third-order valence-corrected chi connectivity index (χ3v) is 5.49. The van der Waals surface area contributed by atoms with Gasteiger partial charge in [-0.2, -0.15) is 0 Å². The highest BCUT2D eigenvalue weighted by Gasteiger charge is 2.38. The first-order valence-corrected chi connectivity index (χ1v) is 9.66. The van der Waals surface area contributed by atoms with Crippen molar-refractivity contribution in [1.29, 1.82) is 0 Å². The lowest BCUT2D eigenvalue weighted by molar-refractivity contribution is -0.122. The summed E-state index contributed by atoms with van der Waals surface area (Å²) in [5, 5.41) is 3.12. The Morgan fingerprint density at radius 1 is 1.15 bits per heavy atom. The fourth-order valence-electron chi connectivity index (χ4n) is 4.00. The van der Waals surface area contributed by atoms with E-state index in [1.54, 1.807) is 12.1 Å². The van der Waals surface area contributed by atoms with Crippen LogP contribution < -0.4 is 10.1 Å². The Balaban J connectivity index is 1.45. The number of morpholine rings is 1. The van der Waals surface area contributed by atoms with E-state index in [1.165, 1.54) is 31.4 Å². The van der Waals surface area contributed by atoms with Crippen LogP contribution in [0, 0.1) is 5.82 Å². The number of hydrogen-bond acceptors (Lipinski definition) is 4. The lowest BCUT2D eigenvalue weighted by Gasteiger charge is -2.48. The van der Waals surface area contributed by atoms with Crippen LogP contribution in [0.5, 0.6) is 5.75 Å². The maximum absolute atomic E-state index is 12.9. The molecule has 0 spiro atoms. The van der Waals surface area contributed by atoms with E-state index in [0.29, 0.717) is 25.3 Å². The van der Waals surface area contributed by atoms with Crippen molar-refractivity contribution >= 4 is 5.91 Å². The highest BCUT2D eigenvalue weighted by molar-refractivity contribution is 5.76. The molecule has 1 saturated carbocycles. The second-order valence-electron chi connectivity index (χ2n) is 7.21. The summed E-state index contributed by atoms with van der Waals surface area (Å²) in [6.07, 6.45) is 6.31. The highest BCUT2D eigenvalue weighted by atomic mass is 19.1. The van der Waals surface area contributed by atoms with E-state index in [2.05, 4.69) is 10.2 Å². The number of ether oxygens (including phenoxy) is 2. The van der Waals surface area contributed by atoms with Gasteiger partial charge in [-0.15, -0.1) is 0 Å². The van der Waals surface area contributed by atoms with Crippen LogP contribution in [-0.4, -0.2) is 55.8 Å². The van der Waals surface area contributed by atoms with Crippen LogP contribution in [0.4, 0.5) is 4.39 Å². The van der Waals surface area contributed by atoms with E-state index in [9.17, 15) is 9.18 Å². The molecule has 26 heavy (non-hydrogen) atoms.